The van der Waals surface area contributed by atoms with Crippen molar-refractivity contribution in [3.8, 4) is 5.75 Å². The number of H-pyrrole nitrogens is 2. The molecule has 2 aromatic heterocycles. The molecule has 1 aliphatic rings. The van der Waals surface area contributed by atoms with Gasteiger partial charge in [0.2, 0.25) is 5.95 Å². The van der Waals surface area contributed by atoms with Gasteiger partial charge < -0.3 is 20.2 Å². The van der Waals surface area contributed by atoms with Crippen molar-refractivity contribution in [2.75, 3.05) is 4.90 Å². The molecular weight excluding hydrogens is 432 g/mol. The van der Waals surface area contributed by atoms with Crippen molar-refractivity contribution in [1.29, 1.82) is 0 Å². The number of fused-ring (bicyclic) bond motifs is 2. The molecule has 0 aliphatic carbocycles. The number of hydrogen-bond donors (Lipinski definition) is 4. The van der Waals surface area contributed by atoms with Crippen LogP contribution in [0.3, 0.4) is 0 Å². The van der Waals surface area contributed by atoms with Crippen LogP contribution in [-0.2, 0) is 9.59 Å². The summed E-state index contributed by atoms with van der Waals surface area (Å²) in [5.41, 5.74) is 2.89. The summed E-state index contributed by atoms with van der Waals surface area (Å²) in [6, 6.07) is 19.9. The molecule has 0 bridgehead atoms. The van der Waals surface area contributed by atoms with Crippen molar-refractivity contribution in [3.63, 3.8) is 0 Å². The summed E-state index contributed by atoms with van der Waals surface area (Å²) < 4.78 is 0. The minimum absolute atomic E-state index is 0.0280. The zero-order valence-electron chi connectivity index (χ0n) is 17.7. The van der Waals surface area contributed by atoms with E-state index in [9.17, 15) is 19.8 Å². The summed E-state index contributed by atoms with van der Waals surface area (Å²) in [6.45, 7) is 0. The number of imidazole rings is 1. The fourth-order valence-electron chi connectivity index (χ4n) is 4.53. The summed E-state index contributed by atoms with van der Waals surface area (Å²) >= 11 is 0. The molecule has 34 heavy (non-hydrogen) atoms. The third kappa shape index (κ3) is 2.89. The maximum absolute atomic E-state index is 13.3. The number of carbonyl (C=O) groups is 2. The highest BCUT2D eigenvalue weighted by Gasteiger charge is 2.48. The summed E-state index contributed by atoms with van der Waals surface area (Å²) in [5, 5.41) is 22.2. The van der Waals surface area contributed by atoms with E-state index in [1.807, 2.05) is 42.5 Å². The number of benzene rings is 3. The fourth-order valence-corrected chi connectivity index (χ4v) is 4.53. The summed E-state index contributed by atoms with van der Waals surface area (Å²) in [7, 11) is 0. The summed E-state index contributed by atoms with van der Waals surface area (Å²) in [5.74, 6) is -1.82. The molecule has 1 fully saturated rings. The Bertz CT molecular complexity index is 1610. The van der Waals surface area contributed by atoms with Crippen LogP contribution in [0.4, 0.5) is 5.95 Å². The van der Waals surface area contributed by atoms with Crippen LogP contribution in [0, 0.1) is 0 Å². The van der Waals surface area contributed by atoms with Crippen molar-refractivity contribution in [2.45, 2.75) is 6.04 Å². The van der Waals surface area contributed by atoms with Crippen molar-refractivity contribution < 1.29 is 19.8 Å². The maximum Gasteiger partial charge on any atom is 0.302 e. The van der Waals surface area contributed by atoms with E-state index in [0.717, 1.165) is 5.52 Å². The van der Waals surface area contributed by atoms with E-state index in [1.165, 1.54) is 17.0 Å². The summed E-state index contributed by atoms with van der Waals surface area (Å²) in [6.07, 6.45) is 1.61. The monoisotopic (exact) mass is 450 g/mol. The Hall–Kier alpha value is -4.85. The van der Waals surface area contributed by atoms with Gasteiger partial charge in [0, 0.05) is 22.7 Å². The van der Waals surface area contributed by atoms with Crippen LogP contribution in [0.1, 0.15) is 17.2 Å². The van der Waals surface area contributed by atoms with Crippen LogP contribution in [0.2, 0.25) is 0 Å². The van der Waals surface area contributed by atoms with Crippen molar-refractivity contribution in [2.24, 2.45) is 0 Å². The Labute approximate surface area is 192 Å². The molecule has 1 amide bonds. The second-order valence-electron chi connectivity index (χ2n) is 8.09. The number of aromatic nitrogens is 3. The minimum Gasteiger partial charge on any atom is -0.508 e. The smallest absolute Gasteiger partial charge is 0.302 e. The van der Waals surface area contributed by atoms with Gasteiger partial charge in [-0.25, -0.2) is 4.98 Å². The molecule has 8 heteroatoms. The number of aliphatic hydroxyl groups is 1. The number of ketones is 1. The lowest BCUT2D eigenvalue weighted by atomic mass is 9.95. The Kier molecular flexibility index (Phi) is 4.28. The van der Waals surface area contributed by atoms with Crippen LogP contribution < -0.4 is 4.90 Å². The van der Waals surface area contributed by atoms with Gasteiger partial charge in [-0.15, -0.1) is 0 Å². The van der Waals surface area contributed by atoms with E-state index in [2.05, 4.69) is 15.0 Å². The fraction of sp³-hybridized carbons (Fsp3) is 0.0385. The lowest BCUT2D eigenvalue weighted by Crippen LogP contribution is -2.30. The highest BCUT2D eigenvalue weighted by Crippen LogP contribution is 2.43. The Balaban J connectivity index is 1.61. The molecule has 3 heterocycles. The maximum atomic E-state index is 13.3. The van der Waals surface area contributed by atoms with Crippen LogP contribution in [-0.4, -0.2) is 36.9 Å². The van der Waals surface area contributed by atoms with Gasteiger partial charge in [0.25, 0.3) is 5.78 Å². The number of para-hydroxylation sites is 3. The Morgan fingerprint density at radius 2 is 1.71 bits per heavy atom. The first-order valence-corrected chi connectivity index (χ1v) is 10.6. The number of anilines is 1. The van der Waals surface area contributed by atoms with Gasteiger partial charge in [0.15, 0.2) is 0 Å². The number of carbonyl (C=O) groups excluding carboxylic acids is 2. The predicted molar refractivity (Wildman–Crippen MR) is 127 cm³/mol. The zero-order valence-corrected chi connectivity index (χ0v) is 17.7. The normalized spacial score (nSPS) is 17.8. The molecule has 1 aliphatic heterocycles. The van der Waals surface area contributed by atoms with E-state index in [1.54, 1.807) is 24.4 Å². The second-order valence-corrected chi connectivity index (χ2v) is 8.09. The molecule has 0 spiro atoms. The average Bonchev–Trinajstić information content (AvgIpc) is 3.53. The predicted octanol–water partition coefficient (Wildman–Crippen LogP) is 4.38. The van der Waals surface area contributed by atoms with Crippen LogP contribution in [0.5, 0.6) is 5.75 Å². The van der Waals surface area contributed by atoms with Gasteiger partial charge >= 0.3 is 5.91 Å². The molecule has 1 unspecified atom stereocenters. The number of phenols is 1. The number of amides is 1. The molecule has 1 saturated heterocycles. The topological polar surface area (TPSA) is 122 Å². The molecule has 0 radical (unpaired) electrons. The lowest BCUT2D eigenvalue weighted by molar-refractivity contribution is -0.132. The summed E-state index contributed by atoms with van der Waals surface area (Å²) in [4.78, 5) is 38.5. The van der Waals surface area contributed by atoms with Crippen LogP contribution >= 0.6 is 0 Å². The first-order valence-electron chi connectivity index (χ1n) is 10.6. The number of aromatic amines is 2. The van der Waals surface area contributed by atoms with Gasteiger partial charge in [-0.3, -0.25) is 14.5 Å². The number of nitrogens with one attached hydrogen (secondary N) is 2. The van der Waals surface area contributed by atoms with Gasteiger partial charge in [0.1, 0.15) is 11.5 Å². The van der Waals surface area contributed by atoms with Gasteiger partial charge in [0.05, 0.1) is 22.6 Å². The number of nitrogens with zero attached hydrogens (tertiary/aromatic N) is 2. The van der Waals surface area contributed by atoms with Gasteiger partial charge in [-0.2, -0.15) is 0 Å². The third-order valence-corrected chi connectivity index (χ3v) is 6.08. The molecule has 5 aromatic rings. The van der Waals surface area contributed by atoms with E-state index >= 15 is 0 Å². The zero-order chi connectivity index (χ0) is 23.4. The molecular formula is C26H18N4O4. The molecule has 0 saturated carbocycles. The SMILES string of the molecule is O=C1C(=O)N(c2nc3ccccc3[nH]2)C(c2cccc(O)c2)/C1=C(\O)c1c[nH]c2ccccc12. The molecule has 4 N–H and O–H groups in total. The average molecular weight is 450 g/mol. The lowest BCUT2D eigenvalue weighted by Gasteiger charge is -2.23. The number of hydrogen-bond acceptors (Lipinski definition) is 5. The minimum atomic E-state index is -0.999. The number of phenolic OH excluding ortho intramolecular Hbond substituents is 1. The van der Waals surface area contributed by atoms with E-state index in [4.69, 9.17) is 0 Å². The number of rotatable bonds is 3. The number of aromatic hydroxyl groups is 1. The van der Waals surface area contributed by atoms with Crippen molar-refractivity contribution in [1.82, 2.24) is 15.0 Å². The highest BCUT2D eigenvalue weighted by atomic mass is 16.3. The molecule has 8 nitrogen and oxygen atoms in total. The number of aliphatic hydroxyl groups excluding tert-OH is 1. The van der Waals surface area contributed by atoms with Crippen molar-refractivity contribution in [3.05, 3.63) is 95.7 Å². The van der Waals surface area contributed by atoms with E-state index in [-0.39, 0.29) is 23.0 Å². The largest absolute Gasteiger partial charge is 0.508 e. The third-order valence-electron chi connectivity index (χ3n) is 6.08. The second kappa shape index (κ2) is 7.35. The quantitative estimate of drug-likeness (QED) is 0.185. The molecule has 6 rings (SSSR count). The first kappa shape index (κ1) is 19.8. The van der Waals surface area contributed by atoms with Crippen molar-refractivity contribution >= 4 is 45.3 Å². The van der Waals surface area contributed by atoms with E-state index < -0.39 is 17.7 Å². The molecule has 3 aromatic carbocycles. The Morgan fingerprint density at radius 3 is 2.50 bits per heavy atom. The Morgan fingerprint density at radius 1 is 0.941 bits per heavy atom. The number of Topliss-reactive ketones (excluding diaryl/α,β-unsaturated/α-hetero) is 1. The van der Waals surface area contributed by atoms with E-state index in [0.29, 0.717) is 27.5 Å². The van der Waals surface area contributed by atoms with Gasteiger partial charge in [-0.05, 0) is 35.9 Å². The molecule has 1 atom stereocenters. The van der Waals surface area contributed by atoms with Crippen LogP contribution in [0.15, 0.2) is 84.6 Å². The standard InChI is InChI=1S/C26H18N4O4/c31-15-7-5-6-14(12-15)22-21(23(32)17-13-27-18-9-2-1-8-16(17)18)24(33)25(34)30(22)26-28-19-10-3-4-11-20(19)29-26/h1-13,22,27,31-32H,(H,28,29)/b23-21+. The van der Waals surface area contributed by atoms with Crippen LogP contribution in [0.25, 0.3) is 27.7 Å². The first-order chi connectivity index (χ1) is 16.5. The van der Waals surface area contributed by atoms with Gasteiger partial charge in [-0.1, -0.05) is 42.5 Å². The highest BCUT2D eigenvalue weighted by molar-refractivity contribution is 6.51. The molecule has 166 valence electrons.